The van der Waals surface area contributed by atoms with E-state index in [0.717, 1.165) is 10.4 Å². The van der Waals surface area contributed by atoms with Gasteiger partial charge in [0.15, 0.2) is 0 Å². The molecule has 0 fully saturated rings. The Balaban J connectivity index is 1.69. The molecule has 9 heteroatoms. The van der Waals surface area contributed by atoms with Crippen molar-refractivity contribution in [2.75, 3.05) is 13.2 Å². The zero-order valence-corrected chi connectivity index (χ0v) is 19.0. The summed E-state index contributed by atoms with van der Waals surface area (Å²) < 4.78 is 24.8. The standard InChI is InChI=1S/C23H25FN4O3S/c1-14(2)30-12-5-11-28-15(3)19(22-26-21(27-31-22)18-6-4-13-32-18)20(25-23(28)29)16-7-9-17(24)10-8-16/h4,6-10,13-14,20H,5,11-12H2,1-3H3,(H,25,29). The quantitative estimate of drug-likeness (QED) is 0.468. The number of allylic oxidation sites excluding steroid dienone is 1. The number of benzene rings is 1. The molecular formula is C23H25FN4O3S. The second kappa shape index (κ2) is 9.62. The number of carbonyl (C=O) groups is 1. The maximum atomic E-state index is 13.5. The van der Waals surface area contributed by atoms with E-state index in [-0.39, 0.29) is 18.0 Å². The predicted molar refractivity (Wildman–Crippen MR) is 120 cm³/mol. The van der Waals surface area contributed by atoms with E-state index in [1.54, 1.807) is 17.0 Å². The molecule has 1 aliphatic rings. The van der Waals surface area contributed by atoms with Crippen molar-refractivity contribution < 1.29 is 18.4 Å². The largest absolute Gasteiger partial charge is 0.379 e. The van der Waals surface area contributed by atoms with E-state index in [2.05, 4.69) is 15.5 Å². The van der Waals surface area contributed by atoms with Gasteiger partial charge in [0.05, 0.1) is 22.6 Å². The van der Waals surface area contributed by atoms with Crippen molar-refractivity contribution in [3.8, 4) is 10.7 Å². The Hall–Kier alpha value is -3.04. The first-order valence-corrected chi connectivity index (χ1v) is 11.4. The predicted octanol–water partition coefficient (Wildman–Crippen LogP) is 5.25. The highest BCUT2D eigenvalue weighted by atomic mass is 32.1. The van der Waals surface area contributed by atoms with Gasteiger partial charge < -0.3 is 14.6 Å². The van der Waals surface area contributed by atoms with Gasteiger partial charge in [-0.25, -0.2) is 9.18 Å². The van der Waals surface area contributed by atoms with Crippen LogP contribution in [0.4, 0.5) is 9.18 Å². The van der Waals surface area contributed by atoms with Crippen molar-refractivity contribution in [2.24, 2.45) is 0 Å². The van der Waals surface area contributed by atoms with Crippen LogP contribution in [0.3, 0.4) is 0 Å². The van der Waals surface area contributed by atoms with E-state index >= 15 is 0 Å². The van der Waals surface area contributed by atoms with Gasteiger partial charge in [-0.15, -0.1) is 11.3 Å². The van der Waals surface area contributed by atoms with Crippen LogP contribution in [-0.2, 0) is 4.74 Å². The second-order valence-corrected chi connectivity index (χ2v) is 8.71. The maximum absolute atomic E-state index is 13.5. The first-order chi connectivity index (χ1) is 15.4. The highest BCUT2D eigenvalue weighted by Crippen LogP contribution is 2.37. The van der Waals surface area contributed by atoms with Gasteiger partial charge in [-0.05, 0) is 56.3 Å². The average Bonchev–Trinajstić information content (AvgIpc) is 3.45. The van der Waals surface area contributed by atoms with E-state index < -0.39 is 6.04 Å². The van der Waals surface area contributed by atoms with Crippen LogP contribution in [0.5, 0.6) is 0 Å². The third kappa shape index (κ3) is 4.73. The third-order valence-electron chi connectivity index (χ3n) is 5.17. The van der Waals surface area contributed by atoms with Crippen molar-refractivity contribution >= 4 is 22.9 Å². The molecular weight excluding hydrogens is 431 g/mol. The highest BCUT2D eigenvalue weighted by molar-refractivity contribution is 7.13. The molecule has 3 heterocycles. The Morgan fingerprint density at radius 2 is 2.06 bits per heavy atom. The molecule has 1 N–H and O–H groups in total. The molecule has 168 valence electrons. The molecule has 7 nitrogen and oxygen atoms in total. The Labute approximate surface area is 189 Å². The minimum Gasteiger partial charge on any atom is -0.379 e. The van der Waals surface area contributed by atoms with Crippen LogP contribution in [0.1, 0.15) is 44.7 Å². The summed E-state index contributed by atoms with van der Waals surface area (Å²) in [6, 6.07) is 9.10. The van der Waals surface area contributed by atoms with Crippen LogP contribution < -0.4 is 5.32 Å². The van der Waals surface area contributed by atoms with Crippen LogP contribution in [0.15, 0.2) is 52.0 Å². The molecule has 4 rings (SSSR count). The van der Waals surface area contributed by atoms with Crippen LogP contribution in [-0.4, -0.2) is 40.3 Å². The Morgan fingerprint density at radius 3 is 2.75 bits per heavy atom. The van der Waals surface area contributed by atoms with Gasteiger partial charge in [0.1, 0.15) is 5.82 Å². The van der Waals surface area contributed by atoms with Crippen molar-refractivity contribution in [1.29, 1.82) is 0 Å². The van der Waals surface area contributed by atoms with Gasteiger partial charge in [-0.3, -0.25) is 4.90 Å². The summed E-state index contributed by atoms with van der Waals surface area (Å²) in [6.07, 6.45) is 0.816. The zero-order valence-electron chi connectivity index (χ0n) is 18.2. The molecule has 32 heavy (non-hydrogen) atoms. The highest BCUT2D eigenvalue weighted by Gasteiger charge is 2.35. The van der Waals surface area contributed by atoms with Crippen LogP contribution in [0, 0.1) is 5.82 Å². The minimum absolute atomic E-state index is 0.134. The summed E-state index contributed by atoms with van der Waals surface area (Å²) >= 11 is 1.52. The van der Waals surface area contributed by atoms with Crippen molar-refractivity contribution in [1.82, 2.24) is 20.4 Å². The molecule has 0 radical (unpaired) electrons. The summed E-state index contributed by atoms with van der Waals surface area (Å²) in [5, 5.41) is 9.09. The van der Waals surface area contributed by atoms with Crippen LogP contribution >= 0.6 is 11.3 Å². The molecule has 1 aliphatic heterocycles. The second-order valence-electron chi connectivity index (χ2n) is 7.76. The molecule has 0 saturated carbocycles. The number of rotatable bonds is 8. The number of urea groups is 1. The number of amides is 2. The lowest BCUT2D eigenvalue weighted by Crippen LogP contribution is -2.46. The molecule has 0 aliphatic carbocycles. The number of carbonyl (C=O) groups excluding carboxylic acids is 1. The number of nitrogens with zero attached hydrogens (tertiary/aromatic N) is 3. The van der Waals surface area contributed by atoms with Crippen LogP contribution in [0.2, 0.25) is 0 Å². The molecule has 0 bridgehead atoms. The number of hydrogen-bond donors (Lipinski definition) is 1. The monoisotopic (exact) mass is 456 g/mol. The average molecular weight is 457 g/mol. The molecule has 2 amide bonds. The molecule has 2 aromatic heterocycles. The molecule has 1 unspecified atom stereocenters. The lowest BCUT2D eigenvalue weighted by molar-refractivity contribution is 0.0736. The SMILES string of the molecule is CC1=C(c2nc(-c3cccs3)no2)C(c2ccc(F)cc2)NC(=O)N1CCCOC(C)C. The van der Waals surface area contributed by atoms with Gasteiger partial charge in [0, 0.05) is 18.8 Å². The first-order valence-electron chi connectivity index (χ1n) is 10.5. The Kier molecular flexibility index (Phi) is 6.66. The summed E-state index contributed by atoms with van der Waals surface area (Å²) in [5.74, 6) is 0.466. The molecule has 0 spiro atoms. The van der Waals surface area contributed by atoms with Crippen LogP contribution in [0.25, 0.3) is 16.3 Å². The zero-order chi connectivity index (χ0) is 22.7. The summed E-state index contributed by atoms with van der Waals surface area (Å²) in [4.78, 5) is 20.1. The maximum Gasteiger partial charge on any atom is 0.322 e. The number of hydrogen-bond acceptors (Lipinski definition) is 6. The van der Waals surface area contributed by atoms with Crippen molar-refractivity contribution in [2.45, 2.75) is 39.3 Å². The van der Waals surface area contributed by atoms with Crippen molar-refractivity contribution in [3.63, 3.8) is 0 Å². The van der Waals surface area contributed by atoms with Gasteiger partial charge in [-0.1, -0.05) is 23.4 Å². The summed E-state index contributed by atoms with van der Waals surface area (Å²) in [6.45, 7) is 6.85. The summed E-state index contributed by atoms with van der Waals surface area (Å²) in [5.41, 5.74) is 2.14. The Bertz CT molecular complexity index is 1090. The van der Waals surface area contributed by atoms with Gasteiger partial charge in [0.2, 0.25) is 5.82 Å². The third-order valence-corrected chi connectivity index (χ3v) is 6.04. The Morgan fingerprint density at radius 1 is 1.28 bits per heavy atom. The molecule has 1 atom stereocenters. The van der Waals surface area contributed by atoms with E-state index in [1.807, 2.05) is 38.3 Å². The van der Waals surface area contributed by atoms with E-state index in [1.165, 1.54) is 23.5 Å². The van der Waals surface area contributed by atoms with E-state index in [0.29, 0.717) is 42.6 Å². The smallest absolute Gasteiger partial charge is 0.322 e. The van der Waals surface area contributed by atoms with E-state index in [9.17, 15) is 9.18 Å². The van der Waals surface area contributed by atoms with Gasteiger partial charge in [0.25, 0.3) is 5.89 Å². The van der Waals surface area contributed by atoms with Gasteiger partial charge >= 0.3 is 6.03 Å². The molecule has 1 aromatic carbocycles. The lowest BCUT2D eigenvalue weighted by Gasteiger charge is -2.35. The fourth-order valence-electron chi connectivity index (χ4n) is 3.61. The lowest BCUT2D eigenvalue weighted by atomic mass is 9.94. The number of aromatic nitrogens is 2. The number of ether oxygens (including phenoxy) is 1. The normalized spacial score (nSPS) is 16.7. The summed E-state index contributed by atoms with van der Waals surface area (Å²) in [7, 11) is 0. The number of nitrogens with one attached hydrogen (secondary N) is 1. The fourth-order valence-corrected chi connectivity index (χ4v) is 4.26. The van der Waals surface area contributed by atoms with Crippen molar-refractivity contribution in [3.05, 3.63) is 64.7 Å². The molecule has 0 saturated heterocycles. The number of thiophene rings is 1. The number of halogens is 1. The fraction of sp³-hybridized carbons (Fsp3) is 0.348. The van der Waals surface area contributed by atoms with E-state index in [4.69, 9.17) is 9.26 Å². The van der Waals surface area contributed by atoms with Gasteiger partial charge in [-0.2, -0.15) is 4.98 Å². The molecule has 3 aromatic rings. The first kappa shape index (κ1) is 22.2. The topological polar surface area (TPSA) is 80.5 Å². The minimum atomic E-state index is -0.539.